The van der Waals surface area contributed by atoms with Crippen LogP contribution in [-0.4, -0.2) is 5.91 Å². The lowest BCUT2D eigenvalue weighted by atomic mass is 10.1. The van der Waals surface area contributed by atoms with Crippen LogP contribution >= 0.6 is 15.9 Å². The van der Waals surface area contributed by atoms with Crippen molar-refractivity contribution in [2.24, 2.45) is 0 Å². The van der Waals surface area contributed by atoms with Gasteiger partial charge in [-0.15, -0.1) is 0 Å². The highest BCUT2D eigenvalue weighted by Crippen LogP contribution is 2.24. The summed E-state index contributed by atoms with van der Waals surface area (Å²) >= 11 is 3.24. The van der Waals surface area contributed by atoms with Crippen LogP contribution in [0.1, 0.15) is 18.1 Å². The lowest BCUT2D eigenvalue weighted by Gasteiger charge is -2.14. The number of carbonyl (C=O) groups excluding carboxylic acids is 1. The molecular weight excluding hydrogens is 335 g/mol. The number of rotatable bonds is 4. The maximum Gasteiger partial charge on any atom is 0.221 e. The van der Waals surface area contributed by atoms with Gasteiger partial charge in [-0.25, -0.2) is 4.39 Å². The number of nitrogens with one attached hydrogen (secondary N) is 2. The van der Waals surface area contributed by atoms with Gasteiger partial charge < -0.3 is 10.6 Å². The summed E-state index contributed by atoms with van der Waals surface area (Å²) in [6.07, 6.45) is 0. The van der Waals surface area contributed by atoms with Crippen LogP contribution in [0.3, 0.4) is 0 Å². The molecule has 110 valence electrons. The van der Waals surface area contributed by atoms with Crippen LogP contribution in [0.4, 0.5) is 15.8 Å². The number of hydrogen-bond donors (Lipinski definition) is 2. The summed E-state index contributed by atoms with van der Waals surface area (Å²) in [6, 6.07) is 10.6. The smallest absolute Gasteiger partial charge is 0.221 e. The molecule has 2 aromatic carbocycles. The second-order valence-corrected chi connectivity index (χ2v) is 5.66. The van der Waals surface area contributed by atoms with E-state index >= 15 is 0 Å². The number of anilines is 2. The minimum atomic E-state index is -0.257. The molecule has 2 rings (SSSR count). The fourth-order valence-electron chi connectivity index (χ4n) is 2.01. The summed E-state index contributed by atoms with van der Waals surface area (Å²) < 4.78 is 14.5. The van der Waals surface area contributed by atoms with Gasteiger partial charge in [-0.3, -0.25) is 4.79 Å². The standard InChI is InChI=1S/C16H16BrFN2O/c1-10-15(4-3-5-16(10)20-11(2)21)19-9-12-6-7-13(17)8-14(12)18/h3-8,19H,9H2,1-2H3,(H,20,21). The molecule has 0 aliphatic heterocycles. The molecular formula is C16H16BrFN2O. The van der Waals surface area contributed by atoms with Crippen molar-refractivity contribution in [3.05, 3.63) is 57.8 Å². The van der Waals surface area contributed by atoms with Crippen molar-refractivity contribution in [1.29, 1.82) is 0 Å². The minimum Gasteiger partial charge on any atom is -0.381 e. The molecule has 2 N–H and O–H groups in total. The topological polar surface area (TPSA) is 41.1 Å². The molecule has 0 unspecified atom stereocenters. The Morgan fingerprint density at radius 2 is 1.95 bits per heavy atom. The molecule has 0 aliphatic carbocycles. The second-order valence-electron chi connectivity index (χ2n) is 4.75. The Labute approximate surface area is 131 Å². The zero-order chi connectivity index (χ0) is 15.4. The normalized spacial score (nSPS) is 10.3. The van der Waals surface area contributed by atoms with Crippen molar-refractivity contribution in [1.82, 2.24) is 0 Å². The van der Waals surface area contributed by atoms with Gasteiger partial charge in [0.2, 0.25) is 5.91 Å². The maximum atomic E-state index is 13.8. The Morgan fingerprint density at radius 1 is 1.24 bits per heavy atom. The molecule has 0 spiro atoms. The van der Waals surface area contributed by atoms with E-state index in [-0.39, 0.29) is 11.7 Å². The van der Waals surface area contributed by atoms with Crippen LogP contribution in [0.2, 0.25) is 0 Å². The zero-order valence-corrected chi connectivity index (χ0v) is 13.4. The predicted octanol–water partition coefficient (Wildman–Crippen LogP) is 4.47. The monoisotopic (exact) mass is 350 g/mol. The third kappa shape index (κ3) is 4.04. The highest BCUT2D eigenvalue weighted by Gasteiger charge is 2.07. The molecule has 0 bridgehead atoms. The first kappa shape index (κ1) is 15.5. The zero-order valence-electron chi connectivity index (χ0n) is 11.8. The highest BCUT2D eigenvalue weighted by atomic mass is 79.9. The largest absolute Gasteiger partial charge is 0.381 e. The first-order valence-corrected chi connectivity index (χ1v) is 7.31. The predicted molar refractivity (Wildman–Crippen MR) is 86.9 cm³/mol. The van der Waals surface area contributed by atoms with Crippen LogP contribution in [0.5, 0.6) is 0 Å². The SMILES string of the molecule is CC(=O)Nc1cccc(NCc2ccc(Br)cc2F)c1C. The van der Waals surface area contributed by atoms with E-state index in [4.69, 9.17) is 0 Å². The van der Waals surface area contributed by atoms with Gasteiger partial charge in [0.1, 0.15) is 5.82 Å². The van der Waals surface area contributed by atoms with E-state index in [1.807, 2.05) is 25.1 Å². The van der Waals surface area contributed by atoms with Gasteiger partial charge in [-0.2, -0.15) is 0 Å². The average Bonchev–Trinajstić information content (AvgIpc) is 2.41. The summed E-state index contributed by atoms with van der Waals surface area (Å²) in [6.45, 7) is 3.76. The van der Waals surface area contributed by atoms with Crippen LogP contribution in [0.25, 0.3) is 0 Å². The molecule has 0 saturated carbocycles. The van der Waals surface area contributed by atoms with E-state index in [0.717, 1.165) is 16.9 Å². The summed E-state index contributed by atoms with van der Waals surface area (Å²) in [4.78, 5) is 11.1. The van der Waals surface area contributed by atoms with E-state index in [0.29, 0.717) is 16.6 Å². The van der Waals surface area contributed by atoms with Crippen molar-refractivity contribution in [2.75, 3.05) is 10.6 Å². The van der Waals surface area contributed by atoms with Crippen LogP contribution in [0, 0.1) is 12.7 Å². The number of carbonyl (C=O) groups is 1. The summed E-state index contributed by atoms with van der Waals surface area (Å²) in [5.41, 5.74) is 3.13. The van der Waals surface area contributed by atoms with Gasteiger partial charge in [0.15, 0.2) is 0 Å². The molecule has 0 saturated heterocycles. The van der Waals surface area contributed by atoms with Gasteiger partial charge in [0.05, 0.1) is 0 Å². The average molecular weight is 351 g/mol. The number of halogens is 2. The molecule has 0 radical (unpaired) electrons. The Morgan fingerprint density at radius 3 is 2.62 bits per heavy atom. The molecule has 2 aromatic rings. The minimum absolute atomic E-state index is 0.116. The first-order valence-electron chi connectivity index (χ1n) is 6.52. The van der Waals surface area contributed by atoms with Gasteiger partial charge >= 0.3 is 0 Å². The third-order valence-electron chi connectivity index (χ3n) is 3.13. The number of hydrogen-bond acceptors (Lipinski definition) is 2. The van der Waals surface area contributed by atoms with E-state index < -0.39 is 0 Å². The molecule has 5 heteroatoms. The number of amides is 1. The van der Waals surface area contributed by atoms with Crippen molar-refractivity contribution >= 4 is 33.2 Å². The molecule has 0 aliphatic rings. The fourth-order valence-corrected chi connectivity index (χ4v) is 2.34. The van der Waals surface area contributed by atoms with E-state index in [9.17, 15) is 9.18 Å². The molecule has 3 nitrogen and oxygen atoms in total. The molecule has 0 aromatic heterocycles. The van der Waals surface area contributed by atoms with Crippen LogP contribution < -0.4 is 10.6 Å². The molecule has 0 fully saturated rings. The van der Waals surface area contributed by atoms with E-state index in [1.165, 1.54) is 13.0 Å². The molecule has 21 heavy (non-hydrogen) atoms. The highest BCUT2D eigenvalue weighted by molar-refractivity contribution is 9.10. The first-order chi connectivity index (χ1) is 9.97. The van der Waals surface area contributed by atoms with Crippen molar-refractivity contribution < 1.29 is 9.18 Å². The lowest BCUT2D eigenvalue weighted by molar-refractivity contribution is -0.114. The lowest BCUT2D eigenvalue weighted by Crippen LogP contribution is -2.09. The second kappa shape index (κ2) is 6.72. The van der Waals surface area contributed by atoms with E-state index in [1.54, 1.807) is 12.1 Å². The summed E-state index contributed by atoms with van der Waals surface area (Å²) in [7, 11) is 0. The quantitative estimate of drug-likeness (QED) is 0.854. The van der Waals surface area contributed by atoms with Crippen molar-refractivity contribution in [2.45, 2.75) is 20.4 Å². The van der Waals surface area contributed by atoms with Crippen molar-refractivity contribution in [3.8, 4) is 0 Å². The van der Waals surface area contributed by atoms with Gasteiger partial charge in [0, 0.05) is 34.9 Å². The fraction of sp³-hybridized carbons (Fsp3) is 0.188. The molecule has 0 heterocycles. The Hall–Kier alpha value is -1.88. The maximum absolute atomic E-state index is 13.8. The Kier molecular flexibility index (Phi) is 4.96. The Bertz CT molecular complexity index is 673. The molecule has 1 amide bonds. The Balaban J connectivity index is 2.14. The van der Waals surface area contributed by atoms with Gasteiger partial charge in [-0.1, -0.05) is 28.1 Å². The third-order valence-corrected chi connectivity index (χ3v) is 3.62. The van der Waals surface area contributed by atoms with E-state index in [2.05, 4.69) is 26.6 Å². The summed E-state index contributed by atoms with van der Waals surface area (Å²) in [5.74, 6) is -0.373. The number of benzene rings is 2. The summed E-state index contributed by atoms with van der Waals surface area (Å²) in [5, 5.41) is 5.97. The van der Waals surface area contributed by atoms with Crippen LogP contribution in [-0.2, 0) is 11.3 Å². The van der Waals surface area contributed by atoms with Crippen molar-refractivity contribution in [3.63, 3.8) is 0 Å². The van der Waals surface area contributed by atoms with Gasteiger partial charge in [0.25, 0.3) is 0 Å². The molecule has 0 atom stereocenters. The van der Waals surface area contributed by atoms with Crippen LogP contribution in [0.15, 0.2) is 40.9 Å². The van der Waals surface area contributed by atoms with Gasteiger partial charge in [-0.05, 0) is 36.8 Å².